The molecule has 0 saturated heterocycles. The van der Waals surface area contributed by atoms with E-state index >= 15 is 0 Å². The molecule has 0 saturated carbocycles. The second-order valence-electron chi connectivity index (χ2n) is 5.94. The number of halogens is 2. The van der Waals surface area contributed by atoms with Gasteiger partial charge in [0.15, 0.2) is 0 Å². The number of nitrogens with one attached hydrogen (secondary N) is 2. The van der Waals surface area contributed by atoms with E-state index in [1.807, 2.05) is 4.57 Å². The monoisotopic (exact) mass is 364 g/mol. The number of aromatic nitrogens is 3. The normalized spacial score (nSPS) is 16.5. The molecule has 4 rings (SSSR count). The highest BCUT2D eigenvalue weighted by atomic mass is 35.5. The summed E-state index contributed by atoms with van der Waals surface area (Å²) < 4.78 is 2.02. The van der Waals surface area contributed by atoms with Gasteiger partial charge in [0.05, 0.1) is 33.2 Å². The molecule has 124 valence electrons. The largest absolute Gasteiger partial charge is 0.507 e. The third-order valence-electron chi connectivity index (χ3n) is 4.35. The molecule has 1 atom stereocenters. The van der Waals surface area contributed by atoms with Crippen LogP contribution in [0.2, 0.25) is 10.0 Å². The van der Waals surface area contributed by atoms with E-state index in [4.69, 9.17) is 23.2 Å². The standard InChI is InChI=1S/C16H14Cl2N4O2/c1-7(23)21-9-2-11-13(8-4-19-20-5-8)14-12(24)3-10(17)15(18)16(14)22(11)6-9/h3-5,9,24H,2,6H2,1H3,(H,19,20)(H,21,23)/t9-/m0/s1. The molecule has 0 radical (unpaired) electrons. The molecule has 0 spiro atoms. The van der Waals surface area contributed by atoms with Crippen molar-refractivity contribution in [2.75, 3.05) is 0 Å². The van der Waals surface area contributed by atoms with Crippen LogP contribution in [-0.4, -0.2) is 31.8 Å². The van der Waals surface area contributed by atoms with E-state index in [1.165, 1.54) is 13.0 Å². The lowest BCUT2D eigenvalue weighted by atomic mass is 10.0. The van der Waals surface area contributed by atoms with Crippen LogP contribution in [0.1, 0.15) is 12.6 Å². The first-order chi connectivity index (χ1) is 11.5. The maximum Gasteiger partial charge on any atom is 0.217 e. The van der Waals surface area contributed by atoms with Gasteiger partial charge < -0.3 is 15.0 Å². The summed E-state index contributed by atoms with van der Waals surface area (Å²) in [5.41, 5.74) is 3.39. The zero-order valence-electron chi connectivity index (χ0n) is 12.7. The van der Waals surface area contributed by atoms with Crippen LogP contribution in [-0.2, 0) is 17.8 Å². The van der Waals surface area contributed by atoms with Crippen molar-refractivity contribution in [3.8, 4) is 16.9 Å². The number of benzene rings is 1. The fourth-order valence-corrected chi connectivity index (χ4v) is 3.97. The van der Waals surface area contributed by atoms with E-state index in [1.54, 1.807) is 12.4 Å². The van der Waals surface area contributed by atoms with Crippen molar-refractivity contribution in [1.82, 2.24) is 20.1 Å². The first kappa shape index (κ1) is 15.4. The molecule has 24 heavy (non-hydrogen) atoms. The average Bonchev–Trinajstić information content (AvgIpc) is 3.18. The zero-order chi connectivity index (χ0) is 17.0. The minimum atomic E-state index is -0.0769. The molecule has 3 N–H and O–H groups in total. The predicted molar refractivity (Wildman–Crippen MR) is 92.5 cm³/mol. The van der Waals surface area contributed by atoms with Gasteiger partial charge in [0.25, 0.3) is 0 Å². The number of phenols is 1. The van der Waals surface area contributed by atoms with Gasteiger partial charge in [0.1, 0.15) is 5.75 Å². The number of rotatable bonds is 2. The minimum Gasteiger partial charge on any atom is -0.507 e. The number of fused-ring (bicyclic) bond motifs is 3. The Kier molecular flexibility index (Phi) is 3.47. The number of H-pyrrole nitrogens is 1. The summed E-state index contributed by atoms with van der Waals surface area (Å²) in [6.07, 6.45) is 4.11. The molecule has 0 bridgehead atoms. The van der Waals surface area contributed by atoms with Gasteiger partial charge in [-0.3, -0.25) is 9.89 Å². The smallest absolute Gasteiger partial charge is 0.217 e. The van der Waals surface area contributed by atoms with Crippen molar-refractivity contribution < 1.29 is 9.90 Å². The molecule has 1 aliphatic heterocycles. The van der Waals surface area contributed by atoms with Gasteiger partial charge in [0.2, 0.25) is 5.91 Å². The number of hydrogen-bond donors (Lipinski definition) is 3. The highest BCUT2D eigenvalue weighted by Crippen LogP contribution is 2.47. The van der Waals surface area contributed by atoms with E-state index < -0.39 is 0 Å². The molecule has 0 aliphatic carbocycles. The molecule has 0 unspecified atom stereocenters. The quantitative estimate of drug-likeness (QED) is 0.653. The molecule has 1 aliphatic rings. The van der Waals surface area contributed by atoms with Crippen molar-refractivity contribution in [2.45, 2.75) is 25.9 Å². The lowest BCUT2D eigenvalue weighted by molar-refractivity contribution is -0.119. The van der Waals surface area contributed by atoms with E-state index in [9.17, 15) is 9.90 Å². The molecular weight excluding hydrogens is 351 g/mol. The molecule has 6 nitrogen and oxygen atoms in total. The molecule has 3 heterocycles. The molecule has 3 aromatic rings. The third-order valence-corrected chi connectivity index (χ3v) is 5.12. The topological polar surface area (TPSA) is 82.9 Å². The van der Waals surface area contributed by atoms with E-state index in [0.717, 1.165) is 16.8 Å². The first-order valence-corrected chi connectivity index (χ1v) is 8.21. The van der Waals surface area contributed by atoms with Crippen LogP contribution < -0.4 is 5.32 Å². The number of aromatic amines is 1. The van der Waals surface area contributed by atoms with Crippen LogP contribution in [0.25, 0.3) is 22.0 Å². The van der Waals surface area contributed by atoms with Crippen molar-refractivity contribution in [2.24, 2.45) is 0 Å². The summed E-state index contributed by atoms with van der Waals surface area (Å²) in [5.74, 6) is 0.000438. The summed E-state index contributed by atoms with van der Waals surface area (Å²) in [4.78, 5) is 11.4. The Bertz CT molecular complexity index is 963. The summed E-state index contributed by atoms with van der Waals surface area (Å²) in [7, 11) is 0. The molecular formula is C16H14Cl2N4O2. The van der Waals surface area contributed by atoms with Gasteiger partial charge in [-0.15, -0.1) is 0 Å². The molecule has 0 fully saturated rings. The Labute approximate surface area is 147 Å². The molecule has 1 amide bonds. The van der Waals surface area contributed by atoms with Crippen LogP contribution in [0.5, 0.6) is 5.75 Å². The SMILES string of the molecule is CC(=O)N[C@H]1Cc2c(-c3cn[nH]c3)c3c(O)cc(Cl)c(Cl)c3n2C1. The summed E-state index contributed by atoms with van der Waals surface area (Å²) >= 11 is 12.6. The Balaban J connectivity index is 2.01. The summed E-state index contributed by atoms with van der Waals surface area (Å²) in [6, 6.07) is 1.43. The van der Waals surface area contributed by atoms with Gasteiger partial charge in [-0.1, -0.05) is 23.2 Å². The number of carbonyl (C=O) groups is 1. The fraction of sp³-hybridized carbons (Fsp3) is 0.250. The van der Waals surface area contributed by atoms with E-state index in [2.05, 4.69) is 15.5 Å². The number of carbonyl (C=O) groups excluding carboxylic acids is 1. The predicted octanol–water partition coefficient (Wildman–Crippen LogP) is 3.10. The number of aromatic hydroxyl groups is 1. The highest BCUT2D eigenvalue weighted by Gasteiger charge is 2.32. The van der Waals surface area contributed by atoms with Crippen LogP contribution in [0, 0.1) is 0 Å². The van der Waals surface area contributed by atoms with Crippen molar-refractivity contribution in [1.29, 1.82) is 0 Å². The summed E-state index contributed by atoms with van der Waals surface area (Å²) in [5, 5.41) is 21.5. The van der Waals surface area contributed by atoms with E-state index in [-0.39, 0.29) is 17.7 Å². The Morgan fingerprint density at radius 2 is 2.29 bits per heavy atom. The number of hydrogen-bond acceptors (Lipinski definition) is 3. The van der Waals surface area contributed by atoms with Crippen molar-refractivity contribution in [3.63, 3.8) is 0 Å². The van der Waals surface area contributed by atoms with Crippen molar-refractivity contribution >= 4 is 40.0 Å². The molecule has 1 aromatic carbocycles. The average molecular weight is 365 g/mol. The van der Waals surface area contributed by atoms with Crippen LogP contribution in [0.4, 0.5) is 0 Å². The van der Waals surface area contributed by atoms with Crippen LogP contribution in [0.3, 0.4) is 0 Å². The minimum absolute atomic E-state index is 0.0234. The maximum atomic E-state index is 11.4. The van der Waals surface area contributed by atoms with Gasteiger partial charge in [0, 0.05) is 49.0 Å². The summed E-state index contributed by atoms with van der Waals surface area (Å²) in [6.45, 7) is 2.07. The number of amides is 1. The number of phenolic OH excluding ortho intramolecular Hbond substituents is 1. The maximum absolute atomic E-state index is 11.4. The van der Waals surface area contributed by atoms with Gasteiger partial charge in [-0.2, -0.15) is 5.10 Å². The van der Waals surface area contributed by atoms with Gasteiger partial charge >= 0.3 is 0 Å². The van der Waals surface area contributed by atoms with Crippen LogP contribution >= 0.6 is 23.2 Å². The second kappa shape index (κ2) is 5.43. The number of nitrogens with zero attached hydrogens (tertiary/aromatic N) is 2. The lowest BCUT2D eigenvalue weighted by Gasteiger charge is -2.12. The molecule has 2 aromatic heterocycles. The van der Waals surface area contributed by atoms with Gasteiger partial charge in [-0.25, -0.2) is 0 Å². The van der Waals surface area contributed by atoms with E-state index in [0.29, 0.717) is 33.9 Å². The Hall–Kier alpha value is -2.18. The fourth-order valence-electron chi connectivity index (χ4n) is 3.53. The zero-order valence-corrected chi connectivity index (χ0v) is 14.2. The lowest BCUT2D eigenvalue weighted by Crippen LogP contribution is -2.34. The highest BCUT2D eigenvalue weighted by molar-refractivity contribution is 6.45. The van der Waals surface area contributed by atoms with Gasteiger partial charge in [-0.05, 0) is 0 Å². The van der Waals surface area contributed by atoms with Crippen molar-refractivity contribution in [3.05, 3.63) is 34.2 Å². The molecule has 8 heteroatoms. The second-order valence-corrected chi connectivity index (χ2v) is 6.72. The first-order valence-electron chi connectivity index (χ1n) is 7.45. The third kappa shape index (κ3) is 2.17. The Morgan fingerprint density at radius 3 is 2.96 bits per heavy atom. The Morgan fingerprint density at radius 1 is 1.50 bits per heavy atom. The van der Waals surface area contributed by atoms with Crippen LogP contribution in [0.15, 0.2) is 18.5 Å².